The SMILES string of the molecule is CCCCCCCCc1c(-c2ccccc2)cc2c(c1CCCCCCCC)Cc1ccccc1-2. The molecular weight excluding hydrogens is 420 g/mol. The minimum atomic E-state index is 1.12. The van der Waals surface area contributed by atoms with E-state index in [1.54, 1.807) is 16.7 Å². The quantitative estimate of drug-likeness (QED) is 0.153. The van der Waals surface area contributed by atoms with Gasteiger partial charge in [0.15, 0.2) is 0 Å². The van der Waals surface area contributed by atoms with E-state index in [0.717, 1.165) is 6.42 Å². The molecule has 0 bridgehead atoms. The van der Waals surface area contributed by atoms with Crippen LogP contribution in [0.1, 0.15) is 113 Å². The van der Waals surface area contributed by atoms with Gasteiger partial charge in [-0.2, -0.15) is 0 Å². The van der Waals surface area contributed by atoms with Crippen molar-refractivity contribution in [3.8, 4) is 22.3 Å². The van der Waals surface area contributed by atoms with Crippen molar-refractivity contribution in [2.75, 3.05) is 0 Å². The summed E-state index contributed by atoms with van der Waals surface area (Å²) >= 11 is 0. The molecule has 0 unspecified atom stereocenters. The van der Waals surface area contributed by atoms with E-state index >= 15 is 0 Å². The number of benzene rings is 3. The molecule has 0 fully saturated rings. The molecule has 0 aliphatic heterocycles. The molecule has 0 saturated carbocycles. The second kappa shape index (κ2) is 13.7. The monoisotopic (exact) mass is 466 g/mol. The van der Waals surface area contributed by atoms with Crippen molar-refractivity contribution in [1.29, 1.82) is 0 Å². The van der Waals surface area contributed by atoms with Crippen molar-refractivity contribution in [2.24, 2.45) is 0 Å². The fraction of sp³-hybridized carbons (Fsp3) is 0.486. The zero-order valence-electron chi connectivity index (χ0n) is 22.4. The lowest BCUT2D eigenvalue weighted by atomic mass is 9.84. The van der Waals surface area contributed by atoms with Gasteiger partial charge < -0.3 is 0 Å². The highest BCUT2D eigenvalue weighted by atomic mass is 14.3. The molecule has 35 heavy (non-hydrogen) atoms. The molecule has 0 heteroatoms. The number of fused-ring (bicyclic) bond motifs is 3. The van der Waals surface area contributed by atoms with Crippen LogP contribution in [0.3, 0.4) is 0 Å². The summed E-state index contributed by atoms with van der Waals surface area (Å²) in [5.41, 5.74) is 12.4. The first-order valence-electron chi connectivity index (χ1n) is 14.6. The van der Waals surface area contributed by atoms with Gasteiger partial charge in [0.2, 0.25) is 0 Å². The lowest BCUT2D eigenvalue weighted by Gasteiger charge is -2.21. The summed E-state index contributed by atoms with van der Waals surface area (Å²) in [6.45, 7) is 4.62. The molecule has 0 spiro atoms. The summed E-state index contributed by atoms with van der Waals surface area (Å²) in [4.78, 5) is 0. The summed E-state index contributed by atoms with van der Waals surface area (Å²) in [7, 11) is 0. The van der Waals surface area contributed by atoms with Crippen LogP contribution in [0.4, 0.5) is 0 Å². The van der Waals surface area contributed by atoms with Gasteiger partial charge in [-0.05, 0) is 82.7 Å². The van der Waals surface area contributed by atoms with Crippen LogP contribution in [0.2, 0.25) is 0 Å². The summed E-state index contributed by atoms with van der Waals surface area (Å²) < 4.78 is 0. The maximum atomic E-state index is 2.55. The highest BCUT2D eigenvalue weighted by molar-refractivity contribution is 5.85. The maximum absolute atomic E-state index is 2.55. The van der Waals surface area contributed by atoms with Crippen LogP contribution < -0.4 is 0 Å². The fourth-order valence-electron chi connectivity index (χ4n) is 6.02. The van der Waals surface area contributed by atoms with Crippen LogP contribution in [-0.4, -0.2) is 0 Å². The van der Waals surface area contributed by atoms with Gasteiger partial charge in [0.1, 0.15) is 0 Å². The number of rotatable bonds is 15. The zero-order chi connectivity index (χ0) is 24.3. The van der Waals surface area contributed by atoms with Crippen molar-refractivity contribution in [3.05, 3.63) is 82.9 Å². The fourth-order valence-corrected chi connectivity index (χ4v) is 6.02. The number of unbranched alkanes of at least 4 members (excludes halogenated alkanes) is 10. The molecule has 0 amide bonds. The predicted molar refractivity (Wildman–Crippen MR) is 154 cm³/mol. The highest BCUT2D eigenvalue weighted by Gasteiger charge is 2.25. The normalized spacial score (nSPS) is 12.1. The Morgan fingerprint density at radius 3 is 1.77 bits per heavy atom. The van der Waals surface area contributed by atoms with Crippen LogP contribution in [0, 0.1) is 0 Å². The molecule has 4 rings (SSSR count). The summed E-state index contributed by atoms with van der Waals surface area (Å²) in [6, 6.07) is 22.9. The van der Waals surface area contributed by atoms with Gasteiger partial charge in [0.25, 0.3) is 0 Å². The summed E-state index contributed by atoms with van der Waals surface area (Å²) in [5.74, 6) is 0. The topological polar surface area (TPSA) is 0 Å². The van der Waals surface area contributed by atoms with Gasteiger partial charge in [-0.15, -0.1) is 0 Å². The average molecular weight is 467 g/mol. The number of hydrogen-bond donors (Lipinski definition) is 0. The molecule has 0 atom stereocenters. The molecule has 1 aliphatic carbocycles. The first-order chi connectivity index (χ1) is 17.3. The van der Waals surface area contributed by atoms with E-state index in [0.29, 0.717) is 0 Å². The van der Waals surface area contributed by atoms with Crippen LogP contribution in [0.25, 0.3) is 22.3 Å². The largest absolute Gasteiger partial charge is 0.0654 e. The second-order valence-corrected chi connectivity index (χ2v) is 10.6. The summed E-state index contributed by atoms with van der Waals surface area (Å²) in [5, 5.41) is 0. The Morgan fingerprint density at radius 1 is 0.514 bits per heavy atom. The maximum Gasteiger partial charge on any atom is -0.00106 e. The Labute approximate surface area is 215 Å². The van der Waals surface area contributed by atoms with Gasteiger partial charge in [-0.1, -0.05) is 133 Å². The van der Waals surface area contributed by atoms with Crippen LogP contribution >= 0.6 is 0 Å². The van der Waals surface area contributed by atoms with E-state index in [1.807, 2.05) is 0 Å². The second-order valence-electron chi connectivity index (χ2n) is 10.6. The number of hydrogen-bond acceptors (Lipinski definition) is 0. The lowest BCUT2D eigenvalue weighted by Crippen LogP contribution is -2.04. The molecule has 0 nitrogen and oxygen atoms in total. The van der Waals surface area contributed by atoms with Crippen molar-refractivity contribution >= 4 is 0 Å². The van der Waals surface area contributed by atoms with Gasteiger partial charge in [0.05, 0.1) is 0 Å². The smallest absolute Gasteiger partial charge is 0.00106 e. The van der Waals surface area contributed by atoms with Crippen LogP contribution in [0.5, 0.6) is 0 Å². The molecule has 0 radical (unpaired) electrons. The van der Waals surface area contributed by atoms with Crippen LogP contribution in [-0.2, 0) is 19.3 Å². The Hall–Kier alpha value is -2.34. The molecule has 0 saturated heterocycles. The highest BCUT2D eigenvalue weighted by Crippen LogP contribution is 2.44. The Kier molecular flexibility index (Phi) is 10.1. The molecule has 0 N–H and O–H groups in total. The molecular formula is C35H46. The van der Waals surface area contributed by atoms with E-state index in [-0.39, 0.29) is 0 Å². The van der Waals surface area contributed by atoms with Crippen LogP contribution in [0.15, 0.2) is 60.7 Å². The predicted octanol–water partition coefficient (Wildman–Crippen LogP) is 10.7. The Morgan fingerprint density at radius 2 is 1.09 bits per heavy atom. The minimum Gasteiger partial charge on any atom is -0.0654 e. The first kappa shape index (κ1) is 25.7. The van der Waals surface area contributed by atoms with E-state index in [4.69, 9.17) is 0 Å². The van der Waals surface area contributed by atoms with Crippen molar-refractivity contribution in [2.45, 2.75) is 110 Å². The first-order valence-corrected chi connectivity index (χ1v) is 14.6. The average Bonchev–Trinajstić information content (AvgIpc) is 3.27. The molecule has 3 aromatic rings. The van der Waals surface area contributed by atoms with Gasteiger partial charge in [0, 0.05) is 0 Å². The Balaban J connectivity index is 1.66. The van der Waals surface area contributed by atoms with Gasteiger partial charge in [-0.25, -0.2) is 0 Å². The van der Waals surface area contributed by atoms with E-state index in [9.17, 15) is 0 Å². The van der Waals surface area contributed by atoms with Crippen molar-refractivity contribution in [1.82, 2.24) is 0 Å². The molecule has 0 heterocycles. The molecule has 1 aliphatic rings. The third-order valence-electron chi connectivity index (χ3n) is 7.99. The molecule has 0 aromatic heterocycles. The lowest BCUT2D eigenvalue weighted by molar-refractivity contribution is 0.598. The summed E-state index contributed by atoms with van der Waals surface area (Å²) in [6.07, 6.45) is 20.0. The van der Waals surface area contributed by atoms with Gasteiger partial charge in [-0.3, -0.25) is 0 Å². The van der Waals surface area contributed by atoms with Crippen molar-refractivity contribution in [3.63, 3.8) is 0 Å². The van der Waals surface area contributed by atoms with E-state index in [1.165, 1.54) is 118 Å². The van der Waals surface area contributed by atoms with Crippen molar-refractivity contribution < 1.29 is 0 Å². The third kappa shape index (κ3) is 6.66. The molecule has 186 valence electrons. The van der Waals surface area contributed by atoms with Gasteiger partial charge >= 0.3 is 0 Å². The Bertz CT molecular complexity index is 1040. The van der Waals surface area contributed by atoms with E-state index in [2.05, 4.69) is 74.5 Å². The standard InChI is InChI=1S/C35H46/c1-3-5-7-9-11-16-24-31-32(25-17-12-10-8-6-4-2)34-26-29-22-18-19-23-30(29)35(34)27-33(31)28-20-14-13-15-21-28/h13-15,18-23,27H,3-12,16-17,24-26H2,1-2H3. The van der Waals surface area contributed by atoms with E-state index < -0.39 is 0 Å². The molecule has 3 aromatic carbocycles. The third-order valence-corrected chi connectivity index (χ3v) is 7.99. The minimum absolute atomic E-state index is 1.12. The zero-order valence-corrected chi connectivity index (χ0v) is 22.4.